The lowest BCUT2D eigenvalue weighted by molar-refractivity contribution is -0.128. The molecule has 0 amide bonds. The van der Waals surface area contributed by atoms with Gasteiger partial charge in [0.2, 0.25) is 0 Å². The summed E-state index contributed by atoms with van der Waals surface area (Å²) in [6, 6.07) is 11.0. The maximum absolute atomic E-state index is 11.4. The first-order valence-corrected chi connectivity index (χ1v) is 5.76. The summed E-state index contributed by atoms with van der Waals surface area (Å²) in [5, 5.41) is 3.93. The highest BCUT2D eigenvalue weighted by Gasteiger charge is 1.98. The lowest BCUT2D eigenvalue weighted by atomic mass is 10.3. The molecular formula is C13H10O2S. The molecule has 2 rings (SSSR count). The fourth-order valence-corrected chi connectivity index (χ4v) is 1.80. The van der Waals surface area contributed by atoms with Gasteiger partial charge in [0.05, 0.1) is 0 Å². The van der Waals surface area contributed by atoms with Gasteiger partial charge in [-0.05, 0) is 40.6 Å². The molecule has 80 valence electrons. The zero-order chi connectivity index (χ0) is 11.2. The molecule has 3 heteroatoms. The standard InChI is InChI=1S/C13H10O2S/c14-13(7-6-11-8-9-16-10-11)15-12-4-2-1-3-5-12/h1-10H/b7-6+. The van der Waals surface area contributed by atoms with Crippen molar-refractivity contribution in [1.82, 2.24) is 0 Å². The SMILES string of the molecule is O=C(/C=C/c1ccsc1)Oc1ccccc1. The van der Waals surface area contributed by atoms with E-state index in [2.05, 4.69) is 0 Å². The van der Waals surface area contributed by atoms with E-state index in [1.165, 1.54) is 6.08 Å². The molecule has 0 fully saturated rings. The largest absolute Gasteiger partial charge is 0.423 e. The minimum absolute atomic E-state index is 0.364. The average Bonchev–Trinajstić information content (AvgIpc) is 2.81. The van der Waals surface area contributed by atoms with Crippen molar-refractivity contribution in [3.8, 4) is 5.75 Å². The molecular weight excluding hydrogens is 220 g/mol. The molecule has 2 nitrogen and oxygen atoms in total. The topological polar surface area (TPSA) is 26.3 Å². The number of para-hydroxylation sites is 1. The number of carbonyl (C=O) groups is 1. The van der Waals surface area contributed by atoms with Crippen molar-refractivity contribution >= 4 is 23.4 Å². The molecule has 1 heterocycles. The Bertz CT molecular complexity index is 472. The van der Waals surface area contributed by atoms with E-state index in [0.717, 1.165) is 5.56 Å². The summed E-state index contributed by atoms with van der Waals surface area (Å²) < 4.78 is 5.09. The highest BCUT2D eigenvalue weighted by molar-refractivity contribution is 7.08. The van der Waals surface area contributed by atoms with Crippen molar-refractivity contribution in [2.45, 2.75) is 0 Å². The molecule has 1 aromatic carbocycles. The van der Waals surface area contributed by atoms with E-state index in [0.29, 0.717) is 5.75 Å². The molecule has 0 atom stereocenters. The fraction of sp³-hybridized carbons (Fsp3) is 0. The fourth-order valence-electron chi connectivity index (χ4n) is 1.17. The molecule has 2 aromatic rings. The van der Waals surface area contributed by atoms with Crippen molar-refractivity contribution in [1.29, 1.82) is 0 Å². The minimum atomic E-state index is -0.364. The molecule has 0 N–H and O–H groups in total. The maximum atomic E-state index is 11.4. The molecule has 0 radical (unpaired) electrons. The van der Waals surface area contributed by atoms with Crippen LogP contribution in [0.2, 0.25) is 0 Å². The van der Waals surface area contributed by atoms with E-state index >= 15 is 0 Å². The van der Waals surface area contributed by atoms with Gasteiger partial charge in [-0.15, -0.1) is 0 Å². The summed E-state index contributed by atoms with van der Waals surface area (Å²) >= 11 is 1.59. The quantitative estimate of drug-likeness (QED) is 0.459. The van der Waals surface area contributed by atoms with Gasteiger partial charge < -0.3 is 4.74 Å². The highest BCUT2D eigenvalue weighted by Crippen LogP contribution is 2.10. The molecule has 0 saturated carbocycles. The van der Waals surface area contributed by atoms with Crippen LogP contribution in [0.25, 0.3) is 6.08 Å². The van der Waals surface area contributed by atoms with Crippen LogP contribution in [-0.4, -0.2) is 5.97 Å². The van der Waals surface area contributed by atoms with E-state index < -0.39 is 0 Å². The van der Waals surface area contributed by atoms with Crippen molar-refractivity contribution in [2.24, 2.45) is 0 Å². The number of rotatable bonds is 3. The molecule has 0 aliphatic carbocycles. The molecule has 0 aliphatic rings. The van der Waals surface area contributed by atoms with E-state index in [-0.39, 0.29) is 5.97 Å². The van der Waals surface area contributed by atoms with Crippen LogP contribution in [-0.2, 0) is 4.79 Å². The van der Waals surface area contributed by atoms with E-state index in [4.69, 9.17) is 4.74 Å². The number of hydrogen-bond acceptors (Lipinski definition) is 3. The van der Waals surface area contributed by atoms with Crippen LogP contribution in [0.3, 0.4) is 0 Å². The molecule has 1 aromatic heterocycles. The first kappa shape index (κ1) is 10.6. The Kier molecular flexibility index (Phi) is 3.51. The zero-order valence-electron chi connectivity index (χ0n) is 8.50. The van der Waals surface area contributed by atoms with Crippen LogP contribution in [0.5, 0.6) is 5.75 Å². The van der Waals surface area contributed by atoms with Crippen LogP contribution in [0.4, 0.5) is 0 Å². The molecule has 0 saturated heterocycles. The molecule has 16 heavy (non-hydrogen) atoms. The first-order valence-electron chi connectivity index (χ1n) is 4.82. The number of benzene rings is 1. The van der Waals surface area contributed by atoms with Crippen LogP contribution in [0, 0.1) is 0 Å². The van der Waals surface area contributed by atoms with Crippen LogP contribution in [0.1, 0.15) is 5.56 Å². The summed E-state index contributed by atoms with van der Waals surface area (Å²) in [6.07, 6.45) is 3.16. The van der Waals surface area contributed by atoms with E-state index in [1.54, 1.807) is 29.5 Å². The van der Waals surface area contributed by atoms with E-state index in [9.17, 15) is 4.79 Å². The van der Waals surface area contributed by atoms with Gasteiger partial charge in [0, 0.05) is 6.08 Å². The Morgan fingerprint density at radius 1 is 1.19 bits per heavy atom. The smallest absolute Gasteiger partial charge is 0.336 e. The van der Waals surface area contributed by atoms with Gasteiger partial charge in [-0.25, -0.2) is 4.79 Å². The number of carbonyl (C=O) groups excluding carboxylic acids is 1. The Morgan fingerprint density at radius 2 is 2.00 bits per heavy atom. The maximum Gasteiger partial charge on any atom is 0.336 e. The Balaban J connectivity index is 1.95. The lowest BCUT2D eigenvalue weighted by Crippen LogP contribution is -2.03. The third-order valence-electron chi connectivity index (χ3n) is 1.92. The van der Waals surface area contributed by atoms with Crippen molar-refractivity contribution in [2.75, 3.05) is 0 Å². The summed E-state index contributed by atoms with van der Waals surface area (Å²) in [7, 11) is 0. The summed E-state index contributed by atoms with van der Waals surface area (Å²) in [5.74, 6) is 0.194. The predicted octanol–water partition coefficient (Wildman–Crippen LogP) is 3.37. The number of hydrogen-bond donors (Lipinski definition) is 0. The lowest BCUT2D eigenvalue weighted by Gasteiger charge is -1.99. The second kappa shape index (κ2) is 5.28. The van der Waals surface area contributed by atoms with Crippen molar-refractivity contribution in [3.05, 3.63) is 58.8 Å². The summed E-state index contributed by atoms with van der Waals surface area (Å²) in [6.45, 7) is 0. The minimum Gasteiger partial charge on any atom is -0.423 e. The molecule has 0 bridgehead atoms. The van der Waals surface area contributed by atoms with E-state index in [1.807, 2.05) is 35.0 Å². The second-order valence-corrected chi connectivity index (χ2v) is 3.90. The van der Waals surface area contributed by atoms with Crippen LogP contribution in [0.15, 0.2) is 53.2 Å². The van der Waals surface area contributed by atoms with Crippen molar-refractivity contribution in [3.63, 3.8) is 0 Å². The van der Waals surface area contributed by atoms with Gasteiger partial charge in [-0.1, -0.05) is 18.2 Å². The third-order valence-corrected chi connectivity index (χ3v) is 2.62. The van der Waals surface area contributed by atoms with Crippen molar-refractivity contribution < 1.29 is 9.53 Å². The van der Waals surface area contributed by atoms with Gasteiger partial charge in [-0.2, -0.15) is 11.3 Å². The summed E-state index contributed by atoms with van der Waals surface area (Å²) in [4.78, 5) is 11.4. The monoisotopic (exact) mass is 230 g/mol. The number of ether oxygens (including phenoxy) is 1. The van der Waals surface area contributed by atoms with Gasteiger partial charge >= 0.3 is 5.97 Å². The molecule has 0 unspecified atom stereocenters. The Labute approximate surface area is 97.8 Å². The predicted molar refractivity (Wildman–Crippen MR) is 65.4 cm³/mol. The zero-order valence-corrected chi connectivity index (χ0v) is 9.31. The normalized spacial score (nSPS) is 10.5. The average molecular weight is 230 g/mol. The van der Waals surface area contributed by atoms with Gasteiger partial charge in [-0.3, -0.25) is 0 Å². The molecule has 0 aliphatic heterocycles. The Hall–Kier alpha value is -1.87. The summed E-state index contributed by atoms with van der Waals surface area (Å²) in [5.41, 5.74) is 1.01. The third kappa shape index (κ3) is 3.07. The molecule has 0 spiro atoms. The number of thiophene rings is 1. The first-order chi connectivity index (χ1) is 7.84. The van der Waals surface area contributed by atoms with Gasteiger partial charge in [0.25, 0.3) is 0 Å². The van der Waals surface area contributed by atoms with Gasteiger partial charge in [0.1, 0.15) is 5.75 Å². The Morgan fingerprint density at radius 3 is 2.69 bits per heavy atom. The number of esters is 1. The van der Waals surface area contributed by atoms with Crippen LogP contribution < -0.4 is 4.74 Å². The highest BCUT2D eigenvalue weighted by atomic mass is 32.1. The van der Waals surface area contributed by atoms with Crippen LogP contribution >= 0.6 is 11.3 Å². The second-order valence-electron chi connectivity index (χ2n) is 3.12. The van der Waals surface area contributed by atoms with Gasteiger partial charge in [0.15, 0.2) is 0 Å².